The number of imidazole rings is 1. The molecule has 1 aromatic carbocycles. The maximum atomic E-state index is 12.8. The van der Waals surface area contributed by atoms with Crippen LogP contribution < -0.4 is 39.0 Å². The van der Waals surface area contributed by atoms with Gasteiger partial charge in [0.05, 0.1) is 40.4 Å². The van der Waals surface area contributed by atoms with Crippen LogP contribution in [-0.2, 0) is 16.6 Å². The average Bonchev–Trinajstić information content (AvgIpc) is 3.04. The summed E-state index contributed by atoms with van der Waals surface area (Å²) in [5.74, 6) is 0.912. The summed E-state index contributed by atoms with van der Waals surface area (Å²) < 4.78 is 47.9. The van der Waals surface area contributed by atoms with Crippen molar-refractivity contribution in [3.8, 4) is 11.5 Å². The van der Waals surface area contributed by atoms with Gasteiger partial charge >= 0.3 is 36.2 Å². The number of hydrogen-bond acceptors (Lipinski definition) is 5. The topological polar surface area (TPSA) is 77.1 Å². The van der Waals surface area contributed by atoms with Crippen LogP contribution in [0.4, 0.5) is 8.78 Å². The Balaban J connectivity index is 0.00000280. The summed E-state index contributed by atoms with van der Waals surface area (Å²) in [4.78, 5) is 11.6. The van der Waals surface area contributed by atoms with Crippen LogP contribution in [-0.4, -0.2) is 32.9 Å². The van der Waals surface area contributed by atoms with E-state index in [0.29, 0.717) is 33.6 Å². The van der Waals surface area contributed by atoms with Crippen LogP contribution in [0.5, 0.6) is 11.5 Å². The molecule has 1 N–H and O–H groups in total. The first kappa shape index (κ1) is 22.7. The van der Waals surface area contributed by atoms with E-state index in [0.717, 1.165) is 5.56 Å². The number of halogens is 2. The van der Waals surface area contributed by atoms with E-state index < -0.39 is 17.4 Å². The van der Waals surface area contributed by atoms with Gasteiger partial charge in [-0.25, -0.2) is 4.98 Å². The maximum Gasteiger partial charge on any atom is 1.00 e. The maximum absolute atomic E-state index is 12.8. The Kier molecular flexibility index (Phi) is 7.55. The second-order valence-corrected chi connectivity index (χ2v) is 7.41. The molecule has 0 saturated heterocycles. The monoisotopic (exact) mass is 418 g/mol. The molecule has 2 aromatic heterocycles. The van der Waals surface area contributed by atoms with Crippen LogP contribution in [0.2, 0.25) is 0 Å². The van der Waals surface area contributed by atoms with Gasteiger partial charge in [-0.2, -0.15) is 8.78 Å². The minimum absolute atomic E-state index is 0. The number of aryl methyl sites for hydroxylation is 2. The van der Waals surface area contributed by atoms with Crippen molar-refractivity contribution in [3.63, 3.8) is 0 Å². The predicted octanol–water partition coefficient (Wildman–Crippen LogP) is 0.805. The number of H-pyrrole nitrogens is 1. The molecule has 0 amide bonds. The van der Waals surface area contributed by atoms with Crippen LogP contribution >= 0.6 is 0 Å². The van der Waals surface area contributed by atoms with Gasteiger partial charge in [-0.05, 0) is 38.5 Å². The number of alkyl halides is 2. The standard InChI is InChI=1S/C18H19F2N3O3S.Na/c1-9-7-12-15(11(3)16(9)26-17(19)20)23-18(22-12)27(24)8-13-10(2)14(25-4)5-6-21-13;/h5-7,17H,8H2,1-4H3,(H,22,23);/q;+1. The summed E-state index contributed by atoms with van der Waals surface area (Å²) in [6.45, 7) is 2.24. The van der Waals surface area contributed by atoms with Crippen molar-refractivity contribution in [3.05, 3.63) is 40.7 Å². The molecule has 0 bridgehead atoms. The molecule has 6 nitrogen and oxygen atoms in total. The second kappa shape index (κ2) is 9.30. The number of benzene rings is 1. The number of hydrogen-bond donors (Lipinski definition) is 1. The van der Waals surface area contributed by atoms with E-state index in [1.807, 2.05) is 6.92 Å². The molecule has 0 aliphatic heterocycles. The smallest absolute Gasteiger partial charge is 0.496 e. The van der Waals surface area contributed by atoms with E-state index in [4.69, 9.17) is 4.74 Å². The van der Waals surface area contributed by atoms with Crippen molar-refractivity contribution < 1.29 is 52.0 Å². The van der Waals surface area contributed by atoms with Gasteiger partial charge in [-0.1, -0.05) is 0 Å². The first-order valence-corrected chi connectivity index (χ1v) is 9.45. The van der Waals surface area contributed by atoms with Gasteiger partial charge in [-0.15, -0.1) is 0 Å². The zero-order valence-electron chi connectivity index (χ0n) is 16.3. The molecular formula is C18H19F2N3NaO3S+. The van der Waals surface area contributed by atoms with Crippen LogP contribution in [0.1, 0.15) is 22.4 Å². The van der Waals surface area contributed by atoms with Crippen LogP contribution in [0.15, 0.2) is 23.5 Å². The molecule has 28 heavy (non-hydrogen) atoms. The normalized spacial score (nSPS) is 12.1. The predicted molar refractivity (Wildman–Crippen MR) is 97.8 cm³/mol. The van der Waals surface area contributed by atoms with Crippen LogP contribution in [0, 0.1) is 20.8 Å². The van der Waals surface area contributed by atoms with Gasteiger partial charge in [0.25, 0.3) is 0 Å². The summed E-state index contributed by atoms with van der Waals surface area (Å²) in [5.41, 5.74) is 3.54. The number of rotatable bonds is 6. The molecule has 3 rings (SSSR count). The third kappa shape index (κ3) is 4.53. The zero-order chi connectivity index (χ0) is 19.7. The summed E-state index contributed by atoms with van der Waals surface area (Å²) >= 11 is 0. The van der Waals surface area contributed by atoms with Gasteiger partial charge in [-0.3, -0.25) is 9.19 Å². The summed E-state index contributed by atoms with van der Waals surface area (Å²) in [5, 5.41) is 0.255. The third-order valence-electron chi connectivity index (χ3n) is 4.29. The molecule has 0 aliphatic carbocycles. The van der Waals surface area contributed by atoms with E-state index in [-0.39, 0.29) is 46.2 Å². The van der Waals surface area contributed by atoms with E-state index in [1.165, 1.54) is 0 Å². The Morgan fingerprint density at radius 3 is 2.61 bits per heavy atom. The molecule has 0 aliphatic rings. The minimum atomic E-state index is -2.92. The number of aromatic nitrogens is 3. The first-order chi connectivity index (χ1) is 12.8. The molecule has 0 spiro atoms. The number of fused-ring (bicyclic) bond motifs is 1. The number of nitrogens with one attached hydrogen (secondary N) is 1. The summed E-state index contributed by atoms with van der Waals surface area (Å²) in [6.07, 6.45) is 1.60. The van der Waals surface area contributed by atoms with Crippen molar-refractivity contribution in [2.24, 2.45) is 0 Å². The number of aromatic amines is 1. The third-order valence-corrected chi connectivity index (χ3v) is 5.45. The van der Waals surface area contributed by atoms with Crippen LogP contribution in [0.25, 0.3) is 11.0 Å². The number of methoxy groups -OCH3 is 1. The van der Waals surface area contributed by atoms with Gasteiger partial charge in [0.1, 0.15) is 11.5 Å². The minimum Gasteiger partial charge on any atom is -0.496 e. The quantitative estimate of drug-likeness (QED) is 0.600. The van der Waals surface area contributed by atoms with E-state index in [2.05, 4.69) is 19.7 Å². The summed E-state index contributed by atoms with van der Waals surface area (Å²) in [6, 6.07) is 3.39. The number of ether oxygens (including phenoxy) is 2. The molecule has 10 heteroatoms. The van der Waals surface area contributed by atoms with Crippen molar-refractivity contribution in [2.45, 2.75) is 38.3 Å². The second-order valence-electron chi connectivity index (χ2n) is 6.04. The molecule has 3 aromatic rings. The average molecular weight is 418 g/mol. The Labute approximate surface area is 185 Å². The Hall–Kier alpha value is -1.55. The van der Waals surface area contributed by atoms with Gasteiger partial charge in [0.2, 0.25) is 0 Å². The van der Waals surface area contributed by atoms with Crippen molar-refractivity contribution in [2.75, 3.05) is 7.11 Å². The molecule has 2 heterocycles. The summed E-state index contributed by atoms with van der Waals surface area (Å²) in [7, 11) is 0.0685. The van der Waals surface area contributed by atoms with Gasteiger partial charge in [0.15, 0.2) is 5.16 Å². The van der Waals surface area contributed by atoms with Crippen molar-refractivity contribution in [1.82, 2.24) is 15.0 Å². The Bertz CT molecular complexity index is 1030. The Morgan fingerprint density at radius 1 is 1.25 bits per heavy atom. The van der Waals surface area contributed by atoms with Crippen molar-refractivity contribution in [1.29, 1.82) is 0 Å². The Morgan fingerprint density at radius 2 is 1.96 bits per heavy atom. The van der Waals surface area contributed by atoms with Gasteiger partial charge in [0, 0.05) is 17.3 Å². The largest absolute Gasteiger partial charge is 1.00 e. The molecule has 144 valence electrons. The van der Waals surface area contributed by atoms with E-state index >= 15 is 0 Å². The molecule has 0 radical (unpaired) electrons. The fourth-order valence-corrected chi connectivity index (χ4v) is 4.03. The molecule has 1 unspecified atom stereocenters. The fourth-order valence-electron chi connectivity index (χ4n) is 2.94. The van der Waals surface area contributed by atoms with Crippen LogP contribution in [0.3, 0.4) is 0 Å². The van der Waals surface area contributed by atoms with E-state index in [1.54, 1.807) is 39.3 Å². The fraction of sp³-hybridized carbons (Fsp3) is 0.333. The zero-order valence-corrected chi connectivity index (χ0v) is 19.1. The number of pyridine rings is 1. The van der Waals surface area contributed by atoms with E-state index in [9.17, 15) is 13.0 Å². The SMILES string of the molecule is COc1ccnc(CS(=O)c2nc3c(C)c(OC(F)F)c(C)cc3[nH]2)c1C.[Na+]. The van der Waals surface area contributed by atoms with Gasteiger partial charge < -0.3 is 14.5 Å². The molecular weight excluding hydrogens is 399 g/mol. The molecule has 0 fully saturated rings. The van der Waals surface area contributed by atoms with Crippen molar-refractivity contribution >= 4 is 21.8 Å². The first-order valence-electron chi connectivity index (χ1n) is 8.13. The number of nitrogens with zero attached hydrogens (tertiary/aromatic N) is 2. The molecule has 1 atom stereocenters. The molecule has 0 saturated carbocycles.